The number of fused-ring (bicyclic) bond motifs is 1. The van der Waals surface area contributed by atoms with E-state index in [9.17, 15) is 9.18 Å². The summed E-state index contributed by atoms with van der Waals surface area (Å²) in [7, 11) is 0. The Bertz CT molecular complexity index is 827. The summed E-state index contributed by atoms with van der Waals surface area (Å²) in [5, 5.41) is 3.69. The van der Waals surface area contributed by atoms with Crippen LogP contribution in [0.4, 0.5) is 10.1 Å². The van der Waals surface area contributed by atoms with Gasteiger partial charge in [-0.25, -0.2) is 9.37 Å². The van der Waals surface area contributed by atoms with Gasteiger partial charge >= 0.3 is 0 Å². The topological polar surface area (TPSA) is 42.0 Å². The van der Waals surface area contributed by atoms with Crippen LogP contribution in [0.15, 0.2) is 36.4 Å². The zero-order valence-electron chi connectivity index (χ0n) is 11.0. The van der Waals surface area contributed by atoms with Crippen molar-refractivity contribution in [2.24, 2.45) is 0 Å². The Hall–Kier alpha value is -1.98. The number of anilines is 1. The number of halogens is 2. The van der Waals surface area contributed by atoms with Crippen LogP contribution in [0.25, 0.3) is 10.2 Å². The van der Waals surface area contributed by atoms with Gasteiger partial charge in [-0.15, -0.1) is 11.3 Å². The summed E-state index contributed by atoms with van der Waals surface area (Å²) < 4.78 is 14.7. The number of rotatable bonds is 2. The van der Waals surface area contributed by atoms with Crippen LogP contribution >= 0.6 is 22.9 Å². The van der Waals surface area contributed by atoms with E-state index in [2.05, 4.69) is 10.3 Å². The minimum absolute atomic E-state index is 0.0854. The number of hydrogen-bond acceptors (Lipinski definition) is 3. The molecule has 0 fully saturated rings. The van der Waals surface area contributed by atoms with E-state index in [1.165, 1.54) is 29.5 Å². The van der Waals surface area contributed by atoms with Gasteiger partial charge in [0.1, 0.15) is 5.82 Å². The van der Waals surface area contributed by atoms with Gasteiger partial charge in [0.2, 0.25) is 0 Å². The molecule has 106 valence electrons. The lowest BCUT2D eigenvalue weighted by Crippen LogP contribution is -2.14. The second-order valence-corrected chi connectivity index (χ2v) is 6.11. The summed E-state index contributed by atoms with van der Waals surface area (Å²) in [6.07, 6.45) is 0. The summed E-state index contributed by atoms with van der Waals surface area (Å²) in [6.45, 7) is 1.92. The third kappa shape index (κ3) is 2.75. The summed E-state index contributed by atoms with van der Waals surface area (Å²) >= 11 is 7.41. The summed E-state index contributed by atoms with van der Waals surface area (Å²) in [5.74, 6) is -1.21. The highest BCUT2D eigenvalue weighted by molar-refractivity contribution is 7.18. The second kappa shape index (κ2) is 5.42. The molecule has 0 spiro atoms. The van der Waals surface area contributed by atoms with E-state index >= 15 is 0 Å². The molecule has 0 atom stereocenters. The number of carbonyl (C=O) groups excluding carboxylic acids is 1. The van der Waals surface area contributed by atoms with Crippen LogP contribution in [0.1, 0.15) is 15.4 Å². The Balaban J connectivity index is 1.92. The second-order valence-electron chi connectivity index (χ2n) is 4.47. The lowest BCUT2D eigenvalue weighted by Gasteiger charge is -2.07. The summed E-state index contributed by atoms with van der Waals surface area (Å²) in [5.41, 5.74) is 1.30. The first-order valence-corrected chi connectivity index (χ1v) is 7.36. The fraction of sp³-hybridized carbons (Fsp3) is 0.0667. The Kier molecular flexibility index (Phi) is 3.61. The fourth-order valence-electron chi connectivity index (χ4n) is 2.03. The first-order valence-electron chi connectivity index (χ1n) is 6.17. The fourth-order valence-corrected chi connectivity index (χ4v) is 3.14. The third-order valence-corrected chi connectivity index (χ3v) is 4.19. The maximum Gasteiger partial charge on any atom is 0.260 e. The number of nitrogens with zero attached hydrogens (tertiary/aromatic N) is 1. The molecule has 0 saturated heterocycles. The number of aromatic nitrogens is 1. The van der Waals surface area contributed by atoms with Gasteiger partial charge in [0.15, 0.2) is 0 Å². The first kappa shape index (κ1) is 14.0. The van der Waals surface area contributed by atoms with Crippen LogP contribution in [-0.2, 0) is 0 Å². The van der Waals surface area contributed by atoms with E-state index in [0.29, 0.717) is 5.69 Å². The van der Waals surface area contributed by atoms with Crippen molar-refractivity contribution in [3.05, 3.63) is 57.8 Å². The number of carbonyl (C=O) groups is 1. The van der Waals surface area contributed by atoms with Crippen molar-refractivity contribution >= 4 is 44.7 Å². The predicted molar refractivity (Wildman–Crippen MR) is 83.7 cm³/mol. The minimum Gasteiger partial charge on any atom is -0.322 e. The Labute approximate surface area is 129 Å². The third-order valence-electron chi connectivity index (χ3n) is 2.94. The molecule has 0 aliphatic heterocycles. The number of benzene rings is 2. The Morgan fingerprint density at radius 2 is 2.14 bits per heavy atom. The van der Waals surface area contributed by atoms with Crippen molar-refractivity contribution in [2.45, 2.75) is 6.92 Å². The average Bonchev–Trinajstić information content (AvgIpc) is 2.77. The van der Waals surface area contributed by atoms with E-state index in [-0.39, 0.29) is 10.6 Å². The van der Waals surface area contributed by atoms with Gasteiger partial charge in [0.25, 0.3) is 5.91 Å². The highest BCUT2D eigenvalue weighted by atomic mass is 35.5. The molecule has 1 heterocycles. The Morgan fingerprint density at radius 1 is 1.33 bits per heavy atom. The zero-order chi connectivity index (χ0) is 15.0. The van der Waals surface area contributed by atoms with Gasteiger partial charge in [-0.05, 0) is 37.3 Å². The van der Waals surface area contributed by atoms with Crippen LogP contribution in [0.2, 0.25) is 5.02 Å². The quantitative estimate of drug-likeness (QED) is 0.746. The molecule has 21 heavy (non-hydrogen) atoms. The molecule has 3 nitrogen and oxygen atoms in total. The average molecular weight is 321 g/mol. The molecule has 0 aliphatic carbocycles. The summed E-state index contributed by atoms with van der Waals surface area (Å²) in [6, 6.07) is 9.50. The van der Waals surface area contributed by atoms with Gasteiger partial charge in [-0.3, -0.25) is 4.79 Å². The maximum absolute atomic E-state index is 13.7. The van der Waals surface area contributed by atoms with Crippen LogP contribution in [0.3, 0.4) is 0 Å². The van der Waals surface area contributed by atoms with E-state index < -0.39 is 11.7 Å². The van der Waals surface area contributed by atoms with Gasteiger partial charge in [-0.2, -0.15) is 0 Å². The molecule has 6 heteroatoms. The van der Waals surface area contributed by atoms with Crippen molar-refractivity contribution < 1.29 is 9.18 Å². The number of amides is 1. The van der Waals surface area contributed by atoms with Crippen molar-refractivity contribution in [2.75, 3.05) is 5.32 Å². The Morgan fingerprint density at radius 3 is 2.90 bits per heavy atom. The molecule has 1 N–H and O–H groups in total. The molecule has 0 saturated carbocycles. The maximum atomic E-state index is 13.7. The van der Waals surface area contributed by atoms with Gasteiger partial charge in [0, 0.05) is 5.69 Å². The number of aryl methyl sites for hydroxylation is 1. The molecule has 0 bridgehead atoms. The van der Waals surface area contributed by atoms with Crippen molar-refractivity contribution in [3.8, 4) is 0 Å². The molecule has 2 aromatic carbocycles. The SMILES string of the molecule is Cc1nc2ccc(NC(=O)c3c(F)cccc3Cl)cc2s1. The largest absolute Gasteiger partial charge is 0.322 e. The molecule has 3 aromatic rings. The van der Waals surface area contributed by atoms with E-state index in [0.717, 1.165) is 15.2 Å². The van der Waals surface area contributed by atoms with E-state index in [1.807, 2.05) is 19.1 Å². The van der Waals surface area contributed by atoms with Crippen molar-refractivity contribution in [1.29, 1.82) is 0 Å². The molecular formula is C15H10ClFN2OS. The molecular weight excluding hydrogens is 311 g/mol. The van der Waals surface area contributed by atoms with Crippen molar-refractivity contribution in [1.82, 2.24) is 4.98 Å². The van der Waals surface area contributed by atoms with Crippen LogP contribution in [-0.4, -0.2) is 10.9 Å². The molecule has 0 radical (unpaired) electrons. The standard InChI is InChI=1S/C15H10ClFN2OS/c1-8-18-12-6-5-9(7-13(12)21-8)19-15(20)14-10(16)3-2-4-11(14)17/h2-7H,1H3,(H,19,20). The van der Waals surface area contributed by atoms with Crippen LogP contribution in [0, 0.1) is 12.7 Å². The van der Waals surface area contributed by atoms with Gasteiger partial charge < -0.3 is 5.32 Å². The van der Waals surface area contributed by atoms with Gasteiger partial charge in [-0.1, -0.05) is 17.7 Å². The minimum atomic E-state index is -0.644. The monoisotopic (exact) mass is 320 g/mol. The van der Waals surface area contributed by atoms with Crippen LogP contribution in [0.5, 0.6) is 0 Å². The number of nitrogens with one attached hydrogen (secondary N) is 1. The summed E-state index contributed by atoms with van der Waals surface area (Å²) in [4.78, 5) is 16.5. The smallest absolute Gasteiger partial charge is 0.260 e. The van der Waals surface area contributed by atoms with Crippen molar-refractivity contribution in [3.63, 3.8) is 0 Å². The molecule has 0 unspecified atom stereocenters. The number of hydrogen-bond donors (Lipinski definition) is 1. The normalized spacial score (nSPS) is 10.8. The lowest BCUT2D eigenvalue weighted by molar-refractivity contribution is 0.102. The molecule has 1 amide bonds. The lowest BCUT2D eigenvalue weighted by atomic mass is 10.2. The van der Waals surface area contributed by atoms with E-state index in [4.69, 9.17) is 11.6 Å². The van der Waals surface area contributed by atoms with E-state index in [1.54, 1.807) is 6.07 Å². The number of thiazole rings is 1. The molecule has 3 rings (SSSR count). The molecule has 1 aromatic heterocycles. The first-order chi connectivity index (χ1) is 10.0. The highest BCUT2D eigenvalue weighted by Gasteiger charge is 2.16. The predicted octanol–water partition coefficient (Wildman–Crippen LogP) is 4.65. The van der Waals surface area contributed by atoms with Gasteiger partial charge in [0.05, 0.1) is 25.8 Å². The molecule has 0 aliphatic rings. The highest BCUT2D eigenvalue weighted by Crippen LogP contribution is 2.26. The van der Waals surface area contributed by atoms with Crippen LogP contribution < -0.4 is 5.32 Å². The zero-order valence-corrected chi connectivity index (χ0v) is 12.6.